The summed E-state index contributed by atoms with van der Waals surface area (Å²) in [6.45, 7) is 7.73. The Hall–Kier alpha value is -2.96. The fourth-order valence-electron chi connectivity index (χ4n) is 3.29. The van der Waals surface area contributed by atoms with E-state index in [1.54, 1.807) is 23.0 Å². The quantitative estimate of drug-likeness (QED) is 0.699. The number of aromatic amines is 1. The minimum absolute atomic E-state index is 0.0274. The average Bonchev–Trinajstić information content (AvgIpc) is 3.16. The lowest BCUT2D eigenvalue weighted by molar-refractivity contribution is -0.121. The van der Waals surface area contributed by atoms with Gasteiger partial charge >= 0.3 is 0 Å². The van der Waals surface area contributed by atoms with Crippen molar-refractivity contribution < 1.29 is 9.18 Å². The molecule has 7 heteroatoms. The zero-order valence-electron chi connectivity index (χ0n) is 16.0. The van der Waals surface area contributed by atoms with Crippen LogP contribution in [0.1, 0.15) is 47.6 Å². The predicted octanol–water partition coefficient (Wildman–Crippen LogP) is 3.47. The first-order valence-electron chi connectivity index (χ1n) is 8.97. The number of nitrogens with one attached hydrogen (secondary N) is 2. The molecule has 6 nitrogen and oxygen atoms in total. The number of aromatic nitrogens is 4. The van der Waals surface area contributed by atoms with E-state index in [2.05, 4.69) is 20.6 Å². The molecular weight excluding hydrogens is 345 g/mol. The molecule has 0 aliphatic rings. The highest BCUT2D eigenvalue weighted by Gasteiger charge is 2.17. The molecule has 0 aliphatic carbocycles. The Kier molecular flexibility index (Phi) is 5.39. The summed E-state index contributed by atoms with van der Waals surface area (Å²) < 4.78 is 15.2. The Bertz CT molecular complexity index is 940. The third-order valence-corrected chi connectivity index (χ3v) is 4.83. The molecule has 0 bridgehead atoms. The number of carbonyl (C=O) groups is 1. The molecule has 142 valence electrons. The van der Waals surface area contributed by atoms with E-state index in [4.69, 9.17) is 0 Å². The Morgan fingerprint density at radius 2 is 2.11 bits per heavy atom. The maximum absolute atomic E-state index is 13.5. The molecule has 0 fully saturated rings. The summed E-state index contributed by atoms with van der Waals surface area (Å²) >= 11 is 0. The van der Waals surface area contributed by atoms with Gasteiger partial charge in [-0.25, -0.2) is 9.07 Å². The van der Waals surface area contributed by atoms with Gasteiger partial charge in [-0.05, 0) is 57.9 Å². The highest BCUT2D eigenvalue weighted by molar-refractivity contribution is 5.76. The van der Waals surface area contributed by atoms with E-state index in [1.165, 1.54) is 12.1 Å². The van der Waals surface area contributed by atoms with Crippen molar-refractivity contribution in [2.24, 2.45) is 0 Å². The molecule has 0 unspecified atom stereocenters. The number of halogens is 1. The van der Waals surface area contributed by atoms with Gasteiger partial charge in [-0.3, -0.25) is 9.89 Å². The fraction of sp³-hybridized carbons (Fsp3) is 0.350. The smallest absolute Gasteiger partial charge is 0.220 e. The number of aryl methyl sites for hydroxylation is 2. The molecule has 0 spiro atoms. The van der Waals surface area contributed by atoms with E-state index < -0.39 is 0 Å². The van der Waals surface area contributed by atoms with Crippen LogP contribution in [0.5, 0.6) is 0 Å². The van der Waals surface area contributed by atoms with Crippen molar-refractivity contribution >= 4 is 5.91 Å². The topological polar surface area (TPSA) is 75.6 Å². The maximum atomic E-state index is 13.5. The summed E-state index contributed by atoms with van der Waals surface area (Å²) in [6.07, 6.45) is 2.76. The van der Waals surface area contributed by atoms with Crippen LogP contribution in [-0.4, -0.2) is 25.9 Å². The predicted molar refractivity (Wildman–Crippen MR) is 101 cm³/mol. The summed E-state index contributed by atoms with van der Waals surface area (Å²) in [5, 5.41) is 14.5. The Balaban J connectivity index is 1.66. The molecule has 0 radical (unpaired) electrons. The summed E-state index contributed by atoms with van der Waals surface area (Å²) in [5.74, 6) is -0.337. The van der Waals surface area contributed by atoms with Crippen LogP contribution in [0.15, 0.2) is 30.5 Å². The molecule has 0 saturated carbocycles. The molecule has 1 amide bonds. The SMILES string of the molecule is Cc1n[nH]c(C)c1CCC(=O)N[C@@H](C)c1cnn(-c2cccc(F)c2)c1C. The van der Waals surface area contributed by atoms with Gasteiger partial charge in [-0.15, -0.1) is 0 Å². The molecule has 27 heavy (non-hydrogen) atoms. The standard InChI is InChI=1S/C20H24FN5O/c1-12(23-20(27)9-8-18-13(2)24-25-14(18)3)19-11-22-26(15(19)4)17-7-5-6-16(21)10-17/h5-7,10-12H,8-9H2,1-4H3,(H,23,27)(H,24,25)/t12-/m0/s1. The molecule has 0 saturated heterocycles. The summed E-state index contributed by atoms with van der Waals surface area (Å²) in [7, 11) is 0. The van der Waals surface area contributed by atoms with E-state index in [1.807, 2.05) is 27.7 Å². The average molecular weight is 369 g/mol. The van der Waals surface area contributed by atoms with Crippen LogP contribution in [-0.2, 0) is 11.2 Å². The molecule has 3 rings (SSSR count). The van der Waals surface area contributed by atoms with Crippen LogP contribution >= 0.6 is 0 Å². The molecule has 0 aliphatic heterocycles. The van der Waals surface area contributed by atoms with Crippen molar-refractivity contribution in [2.45, 2.75) is 46.6 Å². The van der Waals surface area contributed by atoms with Crippen molar-refractivity contribution in [3.63, 3.8) is 0 Å². The zero-order valence-corrected chi connectivity index (χ0v) is 16.0. The van der Waals surface area contributed by atoms with E-state index >= 15 is 0 Å². The van der Waals surface area contributed by atoms with E-state index in [9.17, 15) is 9.18 Å². The van der Waals surface area contributed by atoms with Crippen LogP contribution < -0.4 is 5.32 Å². The van der Waals surface area contributed by atoms with Gasteiger partial charge in [0.25, 0.3) is 0 Å². The Morgan fingerprint density at radius 1 is 1.33 bits per heavy atom. The van der Waals surface area contributed by atoms with Crippen LogP contribution in [0.3, 0.4) is 0 Å². The Morgan fingerprint density at radius 3 is 2.78 bits per heavy atom. The number of hydrogen-bond acceptors (Lipinski definition) is 3. The largest absolute Gasteiger partial charge is 0.349 e. The van der Waals surface area contributed by atoms with Crippen LogP contribution in [0, 0.1) is 26.6 Å². The second-order valence-corrected chi connectivity index (χ2v) is 6.78. The van der Waals surface area contributed by atoms with Gasteiger partial charge in [-0.1, -0.05) is 6.07 Å². The van der Waals surface area contributed by atoms with Crippen molar-refractivity contribution in [3.05, 3.63) is 64.5 Å². The first-order valence-corrected chi connectivity index (χ1v) is 8.97. The van der Waals surface area contributed by atoms with Crippen LogP contribution in [0.4, 0.5) is 4.39 Å². The number of benzene rings is 1. The first-order chi connectivity index (χ1) is 12.9. The van der Waals surface area contributed by atoms with Gasteiger partial charge in [0.2, 0.25) is 5.91 Å². The minimum Gasteiger partial charge on any atom is -0.349 e. The normalized spacial score (nSPS) is 12.2. The molecule has 2 aromatic heterocycles. The first kappa shape index (κ1) is 18.8. The molecule has 2 N–H and O–H groups in total. The molecule has 1 aromatic carbocycles. The van der Waals surface area contributed by atoms with E-state index in [0.29, 0.717) is 18.5 Å². The Labute approximate surface area is 157 Å². The van der Waals surface area contributed by atoms with E-state index in [-0.39, 0.29) is 17.8 Å². The van der Waals surface area contributed by atoms with Crippen molar-refractivity contribution in [2.75, 3.05) is 0 Å². The summed E-state index contributed by atoms with van der Waals surface area (Å²) in [6, 6.07) is 6.09. The number of hydrogen-bond donors (Lipinski definition) is 2. The van der Waals surface area contributed by atoms with Crippen molar-refractivity contribution in [1.29, 1.82) is 0 Å². The number of amides is 1. The minimum atomic E-state index is -0.310. The monoisotopic (exact) mass is 369 g/mol. The van der Waals surface area contributed by atoms with Gasteiger partial charge in [0.1, 0.15) is 5.82 Å². The third kappa shape index (κ3) is 4.07. The summed E-state index contributed by atoms with van der Waals surface area (Å²) in [5.41, 5.74) is 5.45. The van der Waals surface area contributed by atoms with Gasteiger partial charge in [0, 0.05) is 23.4 Å². The second kappa shape index (κ2) is 7.73. The second-order valence-electron chi connectivity index (χ2n) is 6.78. The van der Waals surface area contributed by atoms with Gasteiger partial charge < -0.3 is 5.32 Å². The number of nitrogens with zero attached hydrogens (tertiary/aromatic N) is 3. The molecule has 3 aromatic rings. The molecule has 2 heterocycles. The number of H-pyrrole nitrogens is 1. The number of rotatable bonds is 6. The molecule has 1 atom stereocenters. The molecular formula is C20H24FN5O. The summed E-state index contributed by atoms with van der Waals surface area (Å²) in [4.78, 5) is 12.4. The van der Waals surface area contributed by atoms with Crippen LogP contribution in [0.25, 0.3) is 5.69 Å². The lowest BCUT2D eigenvalue weighted by Gasteiger charge is -2.14. The van der Waals surface area contributed by atoms with Gasteiger partial charge in [0.05, 0.1) is 23.6 Å². The number of carbonyl (C=O) groups excluding carboxylic acids is 1. The fourth-order valence-corrected chi connectivity index (χ4v) is 3.29. The highest BCUT2D eigenvalue weighted by atomic mass is 19.1. The third-order valence-electron chi connectivity index (χ3n) is 4.83. The van der Waals surface area contributed by atoms with E-state index in [0.717, 1.165) is 28.2 Å². The van der Waals surface area contributed by atoms with Gasteiger partial charge in [0.15, 0.2) is 0 Å². The van der Waals surface area contributed by atoms with Crippen LogP contribution in [0.2, 0.25) is 0 Å². The van der Waals surface area contributed by atoms with Crippen molar-refractivity contribution in [3.8, 4) is 5.69 Å². The zero-order chi connectivity index (χ0) is 19.6. The lowest BCUT2D eigenvalue weighted by atomic mass is 10.1. The maximum Gasteiger partial charge on any atom is 0.220 e. The van der Waals surface area contributed by atoms with Crippen molar-refractivity contribution in [1.82, 2.24) is 25.3 Å². The lowest BCUT2D eigenvalue weighted by Crippen LogP contribution is -2.27. The van der Waals surface area contributed by atoms with Gasteiger partial charge in [-0.2, -0.15) is 10.2 Å². The highest BCUT2D eigenvalue weighted by Crippen LogP contribution is 2.21.